The molecule has 1 atom stereocenters. The molecule has 10 heteroatoms. The van der Waals surface area contributed by atoms with Crippen LogP contribution in [-0.4, -0.2) is 49.5 Å². The van der Waals surface area contributed by atoms with E-state index in [-0.39, 0.29) is 19.4 Å². The largest absolute Gasteiger partial charge is 0.465 e. The third-order valence-corrected chi connectivity index (χ3v) is 6.69. The molecule has 0 saturated carbocycles. The number of hydrogen-bond donors (Lipinski definition) is 2. The predicted molar refractivity (Wildman–Crippen MR) is 113 cm³/mol. The van der Waals surface area contributed by atoms with Gasteiger partial charge in [-0.25, -0.2) is 0 Å². The fourth-order valence-corrected chi connectivity index (χ4v) is 4.32. The van der Waals surface area contributed by atoms with Crippen LogP contribution in [0.4, 0.5) is 0 Å². The quantitative estimate of drug-likeness (QED) is 0.167. The van der Waals surface area contributed by atoms with Crippen LogP contribution in [0.1, 0.15) is 96.8 Å². The molecule has 0 fully saturated rings. The number of esters is 1. The molecule has 0 rings (SSSR count). The summed E-state index contributed by atoms with van der Waals surface area (Å²) in [5.41, 5.74) is 0. The number of ether oxygens (including phenoxy) is 1. The minimum Gasteiger partial charge on any atom is -0.465 e. The van der Waals surface area contributed by atoms with E-state index < -0.39 is 37.2 Å². The Hall–Kier alpha value is -0.710. The summed E-state index contributed by atoms with van der Waals surface area (Å²) in [5, 5.41) is -1.66. The molecule has 0 aromatic rings. The van der Waals surface area contributed by atoms with Gasteiger partial charge in [0, 0.05) is 0 Å². The van der Waals surface area contributed by atoms with Gasteiger partial charge in [0.2, 0.25) is 0 Å². The van der Waals surface area contributed by atoms with Crippen molar-refractivity contribution < 1.29 is 35.5 Å². The molecule has 0 heterocycles. The molecule has 0 aromatic carbocycles. The number of unbranched alkanes of at least 4 members (excludes halogenated alkanes) is 11. The Morgan fingerprint density at radius 1 is 0.759 bits per heavy atom. The molecule has 8 nitrogen and oxygen atoms in total. The first-order chi connectivity index (χ1) is 13.6. The van der Waals surface area contributed by atoms with E-state index in [1.807, 2.05) is 0 Å². The van der Waals surface area contributed by atoms with Crippen LogP contribution < -0.4 is 0 Å². The van der Waals surface area contributed by atoms with Gasteiger partial charge in [-0.3, -0.25) is 13.9 Å². The van der Waals surface area contributed by atoms with E-state index >= 15 is 0 Å². The summed E-state index contributed by atoms with van der Waals surface area (Å²) in [7, 11) is -8.75. The topological polar surface area (TPSA) is 135 Å². The third kappa shape index (κ3) is 17.8. The highest BCUT2D eigenvalue weighted by atomic mass is 32.2. The summed E-state index contributed by atoms with van der Waals surface area (Å²) < 4.78 is 66.6. The van der Waals surface area contributed by atoms with Crippen molar-refractivity contribution in [3.63, 3.8) is 0 Å². The van der Waals surface area contributed by atoms with E-state index in [4.69, 9.17) is 9.29 Å². The van der Waals surface area contributed by atoms with Crippen LogP contribution in [0.2, 0.25) is 0 Å². The average Bonchev–Trinajstić information content (AvgIpc) is 2.60. The zero-order valence-electron chi connectivity index (χ0n) is 17.6. The zero-order chi connectivity index (χ0) is 22.2. The van der Waals surface area contributed by atoms with Crippen LogP contribution in [0.25, 0.3) is 0 Å². The van der Waals surface area contributed by atoms with Crippen molar-refractivity contribution in [1.82, 2.24) is 0 Å². The van der Waals surface area contributed by atoms with E-state index in [9.17, 15) is 26.2 Å². The van der Waals surface area contributed by atoms with E-state index in [1.165, 1.54) is 44.9 Å². The highest BCUT2D eigenvalue weighted by Gasteiger charge is 2.32. The molecule has 0 aliphatic carbocycles. The first kappa shape index (κ1) is 28.3. The highest BCUT2D eigenvalue weighted by Crippen LogP contribution is 2.16. The smallest absolute Gasteiger partial charge is 0.326 e. The Labute approximate surface area is 176 Å². The summed E-state index contributed by atoms with van der Waals surface area (Å²) in [4.78, 5) is 11.9. The van der Waals surface area contributed by atoms with Gasteiger partial charge in [0.25, 0.3) is 20.2 Å². The number of rotatable bonds is 19. The van der Waals surface area contributed by atoms with E-state index in [2.05, 4.69) is 6.92 Å². The lowest BCUT2D eigenvalue weighted by molar-refractivity contribution is -0.143. The minimum absolute atomic E-state index is 0.0343. The van der Waals surface area contributed by atoms with Crippen molar-refractivity contribution >= 4 is 26.2 Å². The number of carbonyl (C=O) groups is 1. The van der Waals surface area contributed by atoms with Gasteiger partial charge in [-0.05, 0) is 12.8 Å². The van der Waals surface area contributed by atoms with Crippen LogP contribution in [0.3, 0.4) is 0 Å². The fraction of sp³-hybridized carbons (Fsp3) is 0.947. The lowest BCUT2D eigenvalue weighted by atomic mass is 10.0. The van der Waals surface area contributed by atoms with Gasteiger partial charge in [-0.1, -0.05) is 84.0 Å². The second kappa shape index (κ2) is 16.0. The fourth-order valence-electron chi connectivity index (χ4n) is 3.07. The van der Waals surface area contributed by atoms with Gasteiger partial charge < -0.3 is 4.74 Å². The average molecular weight is 459 g/mol. The molecule has 0 aliphatic heterocycles. The molecule has 0 aromatic heterocycles. The molecule has 0 radical (unpaired) electrons. The van der Waals surface area contributed by atoms with Crippen LogP contribution in [0.5, 0.6) is 0 Å². The number of carbonyl (C=O) groups excluding carboxylic acids is 1. The van der Waals surface area contributed by atoms with Gasteiger partial charge in [-0.2, -0.15) is 16.8 Å². The molecule has 0 amide bonds. The minimum atomic E-state index is -4.59. The molecule has 0 saturated heterocycles. The first-order valence-electron chi connectivity index (χ1n) is 10.7. The molecular weight excluding hydrogens is 420 g/mol. The van der Waals surface area contributed by atoms with Gasteiger partial charge in [-0.15, -0.1) is 0 Å². The molecule has 174 valence electrons. The maximum atomic E-state index is 11.9. The second-order valence-electron chi connectivity index (χ2n) is 7.49. The van der Waals surface area contributed by atoms with E-state index in [0.717, 1.165) is 25.7 Å². The summed E-state index contributed by atoms with van der Waals surface area (Å²) in [6.07, 6.45) is 13.1. The van der Waals surface area contributed by atoms with Crippen molar-refractivity contribution in [3.05, 3.63) is 0 Å². The van der Waals surface area contributed by atoms with Crippen molar-refractivity contribution in [1.29, 1.82) is 0 Å². The van der Waals surface area contributed by atoms with Crippen LogP contribution in [0.15, 0.2) is 0 Å². The molecule has 2 N–H and O–H groups in total. The molecule has 0 spiro atoms. The van der Waals surface area contributed by atoms with Crippen molar-refractivity contribution in [2.24, 2.45) is 0 Å². The SMILES string of the molecule is CCCCCCCCCCCCCCC(C(=O)OCCCS(=O)(=O)O)S(=O)(=O)O. The summed E-state index contributed by atoms with van der Waals surface area (Å²) in [6.45, 7) is 1.86. The van der Waals surface area contributed by atoms with E-state index in [0.29, 0.717) is 6.42 Å². The van der Waals surface area contributed by atoms with Crippen LogP contribution in [0, 0.1) is 0 Å². The second-order valence-corrected chi connectivity index (χ2v) is 10.7. The summed E-state index contributed by atoms with van der Waals surface area (Å²) in [6, 6.07) is 0. The van der Waals surface area contributed by atoms with Crippen molar-refractivity contribution in [2.75, 3.05) is 12.4 Å². The van der Waals surface area contributed by atoms with Crippen LogP contribution in [-0.2, 0) is 29.8 Å². The monoisotopic (exact) mass is 458 g/mol. The maximum Gasteiger partial charge on any atom is 0.326 e. The Balaban J connectivity index is 3.92. The number of hydrogen-bond acceptors (Lipinski definition) is 6. The Morgan fingerprint density at radius 2 is 1.21 bits per heavy atom. The lowest BCUT2D eigenvalue weighted by Gasteiger charge is -2.13. The lowest BCUT2D eigenvalue weighted by Crippen LogP contribution is -2.32. The van der Waals surface area contributed by atoms with Crippen molar-refractivity contribution in [2.45, 2.75) is 102 Å². The molecule has 29 heavy (non-hydrogen) atoms. The molecule has 0 bridgehead atoms. The summed E-state index contributed by atoms with van der Waals surface area (Å²) >= 11 is 0. The van der Waals surface area contributed by atoms with Gasteiger partial charge in [0.05, 0.1) is 12.4 Å². The molecule has 0 aliphatic rings. The Bertz CT molecular complexity index is 629. The normalized spacial score (nSPS) is 13.3. The van der Waals surface area contributed by atoms with Gasteiger partial charge >= 0.3 is 5.97 Å². The molecular formula is C19H38O8S2. The zero-order valence-corrected chi connectivity index (χ0v) is 19.2. The first-order valence-corrected chi connectivity index (χ1v) is 13.8. The molecule has 1 unspecified atom stereocenters. The van der Waals surface area contributed by atoms with Crippen molar-refractivity contribution in [3.8, 4) is 0 Å². The van der Waals surface area contributed by atoms with Crippen LogP contribution >= 0.6 is 0 Å². The Morgan fingerprint density at radius 3 is 1.62 bits per heavy atom. The van der Waals surface area contributed by atoms with E-state index in [1.54, 1.807) is 0 Å². The van der Waals surface area contributed by atoms with Gasteiger partial charge in [0.1, 0.15) is 0 Å². The Kier molecular flexibility index (Phi) is 15.6. The summed E-state index contributed by atoms with van der Waals surface area (Å²) in [5.74, 6) is -1.68. The van der Waals surface area contributed by atoms with Gasteiger partial charge in [0.15, 0.2) is 5.25 Å². The third-order valence-electron chi connectivity index (χ3n) is 4.73. The standard InChI is InChI=1S/C19H38O8S2/c1-2-3-4-5-6-7-8-9-10-11-12-13-15-18(29(24,25)26)19(20)27-16-14-17-28(21,22)23/h18H,2-17H2,1H3,(H,21,22,23)(H,24,25,26). The highest BCUT2D eigenvalue weighted by molar-refractivity contribution is 7.87. The predicted octanol–water partition coefficient (Wildman–Crippen LogP) is 4.16. The maximum absolute atomic E-state index is 11.9.